The van der Waals surface area contributed by atoms with Gasteiger partial charge in [-0.2, -0.15) is 9.97 Å². The smallest absolute Gasteiger partial charge is 0.412 e. The summed E-state index contributed by atoms with van der Waals surface area (Å²) in [4.78, 5) is 40.9. The topological polar surface area (TPSA) is 111 Å². The third kappa shape index (κ3) is 6.07. The first-order chi connectivity index (χ1) is 19.9. The van der Waals surface area contributed by atoms with Crippen LogP contribution in [0, 0.1) is 0 Å². The van der Waals surface area contributed by atoms with Crippen LogP contribution in [0.2, 0.25) is 18.1 Å². The van der Waals surface area contributed by atoms with E-state index in [0.717, 1.165) is 19.3 Å². The highest BCUT2D eigenvalue weighted by Crippen LogP contribution is 2.43. The van der Waals surface area contributed by atoms with E-state index in [1.54, 1.807) is 6.33 Å². The summed E-state index contributed by atoms with van der Waals surface area (Å²) in [5.74, 6) is -0.345. The molecule has 11 heteroatoms. The van der Waals surface area contributed by atoms with Crippen molar-refractivity contribution in [2.24, 2.45) is 0 Å². The van der Waals surface area contributed by atoms with Crippen molar-refractivity contribution in [3.8, 4) is 5.88 Å². The van der Waals surface area contributed by atoms with Gasteiger partial charge in [0, 0.05) is 6.92 Å². The maximum atomic E-state index is 13.8. The molecule has 10 nitrogen and oxygen atoms in total. The van der Waals surface area contributed by atoms with E-state index in [1.807, 2.05) is 65.2 Å². The van der Waals surface area contributed by atoms with Gasteiger partial charge < -0.3 is 13.7 Å². The van der Waals surface area contributed by atoms with Gasteiger partial charge in [0.2, 0.25) is 11.9 Å². The molecule has 2 aromatic carbocycles. The van der Waals surface area contributed by atoms with E-state index in [9.17, 15) is 9.59 Å². The number of benzene rings is 2. The number of ether oxygens (including phenoxy) is 1. The van der Waals surface area contributed by atoms with E-state index in [-0.39, 0.29) is 34.9 Å². The molecule has 2 heterocycles. The van der Waals surface area contributed by atoms with Gasteiger partial charge in [-0.25, -0.2) is 14.7 Å². The van der Waals surface area contributed by atoms with Crippen molar-refractivity contribution in [2.45, 2.75) is 77.2 Å². The highest BCUT2D eigenvalue weighted by atomic mass is 28.4. The Labute approximate surface area is 247 Å². The zero-order valence-electron chi connectivity index (χ0n) is 25.0. The summed E-state index contributed by atoms with van der Waals surface area (Å²) in [7, 11) is -2.03. The number of fused-ring (bicyclic) bond motifs is 1. The zero-order valence-corrected chi connectivity index (χ0v) is 26.0. The van der Waals surface area contributed by atoms with Crippen molar-refractivity contribution < 1.29 is 18.8 Å². The van der Waals surface area contributed by atoms with Crippen molar-refractivity contribution in [3.63, 3.8) is 0 Å². The molecule has 42 heavy (non-hydrogen) atoms. The fourth-order valence-electron chi connectivity index (χ4n) is 4.98. The molecule has 2 atom stereocenters. The average Bonchev–Trinajstić information content (AvgIpc) is 3.55. The predicted octanol–water partition coefficient (Wildman–Crippen LogP) is 7.24. The largest absolute Gasteiger partial charge is 0.425 e. The minimum absolute atomic E-state index is 0.000117. The first-order valence-electron chi connectivity index (χ1n) is 14.3. The molecule has 0 saturated heterocycles. The Morgan fingerprint density at radius 2 is 1.60 bits per heavy atom. The van der Waals surface area contributed by atoms with Gasteiger partial charge in [0.05, 0.1) is 29.8 Å². The molecule has 2 amide bonds. The molecule has 5 rings (SSSR count). The predicted molar refractivity (Wildman–Crippen MR) is 166 cm³/mol. The Balaban J connectivity index is 1.53. The standard InChI is InChI=1S/C31H38N6O4Si/c1-21(38)33-29-34-27-26(32-20-36(27)24-18-13-19-25(24)41-42(5,6)31(2,3)4)28(35-29)40-30(39)37(22-14-9-7-10-15-22)23-16-11-8-12-17-23/h7-12,14-17,20,24-25H,13,18-19H2,1-6H3,(H,33,34,35,38)/t24-,25+/m0/s1. The van der Waals surface area contributed by atoms with Crippen molar-refractivity contribution in [3.05, 3.63) is 67.0 Å². The molecule has 1 fully saturated rings. The van der Waals surface area contributed by atoms with Crippen LogP contribution in [-0.4, -0.2) is 45.9 Å². The normalized spacial score (nSPS) is 17.3. The second kappa shape index (κ2) is 11.7. The number of aromatic nitrogens is 4. The summed E-state index contributed by atoms with van der Waals surface area (Å²) in [6, 6.07) is 18.4. The zero-order chi connectivity index (χ0) is 30.1. The molecule has 1 N–H and O–H groups in total. The number of anilines is 3. The van der Waals surface area contributed by atoms with Crippen molar-refractivity contribution in [2.75, 3.05) is 10.2 Å². The highest BCUT2D eigenvalue weighted by Gasteiger charge is 2.43. The van der Waals surface area contributed by atoms with Crippen molar-refractivity contribution in [1.29, 1.82) is 0 Å². The first kappa shape index (κ1) is 29.4. The second-order valence-corrected chi connectivity index (χ2v) is 16.9. The van der Waals surface area contributed by atoms with Crippen LogP contribution in [-0.2, 0) is 9.22 Å². The van der Waals surface area contributed by atoms with Crippen LogP contribution in [0.4, 0.5) is 22.1 Å². The Morgan fingerprint density at radius 1 is 0.976 bits per heavy atom. The summed E-state index contributed by atoms with van der Waals surface area (Å²) in [6.45, 7) is 12.6. The third-order valence-corrected chi connectivity index (χ3v) is 12.6. The maximum Gasteiger partial charge on any atom is 0.425 e. The lowest BCUT2D eigenvalue weighted by Gasteiger charge is -2.40. The number of hydrogen-bond acceptors (Lipinski definition) is 7. The maximum absolute atomic E-state index is 13.8. The number of amides is 2. The Bertz CT molecular complexity index is 1530. The third-order valence-electron chi connectivity index (χ3n) is 8.10. The van der Waals surface area contributed by atoms with Crippen LogP contribution in [0.5, 0.6) is 5.88 Å². The number of carbonyl (C=O) groups excluding carboxylic acids is 2. The van der Waals surface area contributed by atoms with Crippen LogP contribution in [0.3, 0.4) is 0 Å². The summed E-state index contributed by atoms with van der Waals surface area (Å²) in [5, 5.41) is 2.72. The Kier molecular flexibility index (Phi) is 8.16. The van der Waals surface area contributed by atoms with Gasteiger partial charge in [0.15, 0.2) is 19.5 Å². The SMILES string of the molecule is CC(=O)Nc1nc(OC(=O)N(c2ccccc2)c2ccccc2)c2ncn([C@H]3CCC[C@H]3O[Si](C)(C)C(C)(C)C)c2n1. The fourth-order valence-corrected chi connectivity index (χ4v) is 6.36. The molecule has 4 aromatic rings. The summed E-state index contributed by atoms with van der Waals surface area (Å²) in [5.41, 5.74) is 2.06. The van der Waals surface area contributed by atoms with Crippen molar-refractivity contribution >= 4 is 48.8 Å². The second-order valence-electron chi connectivity index (χ2n) is 12.1. The number of para-hydroxylation sites is 2. The van der Waals surface area contributed by atoms with Crippen LogP contribution < -0.4 is 15.0 Å². The van der Waals surface area contributed by atoms with Gasteiger partial charge in [0.25, 0.3) is 5.88 Å². The lowest BCUT2D eigenvalue weighted by atomic mass is 10.2. The van der Waals surface area contributed by atoms with Gasteiger partial charge in [0.1, 0.15) is 0 Å². The number of nitrogens with one attached hydrogen (secondary N) is 1. The summed E-state index contributed by atoms with van der Waals surface area (Å²) >= 11 is 0. The van der Waals surface area contributed by atoms with Crippen LogP contribution in [0.15, 0.2) is 67.0 Å². The van der Waals surface area contributed by atoms with Gasteiger partial charge in [-0.05, 0) is 61.7 Å². The fraction of sp³-hybridized carbons (Fsp3) is 0.387. The van der Waals surface area contributed by atoms with Crippen LogP contribution in [0.1, 0.15) is 53.0 Å². The summed E-state index contributed by atoms with van der Waals surface area (Å²) in [6.07, 6.45) is 3.88. The van der Waals surface area contributed by atoms with Gasteiger partial charge in [-0.3, -0.25) is 10.1 Å². The lowest BCUT2D eigenvalue weighted by Crippen LogP contribution is -2.45. The van der Waals surface area contributed by atoms with Crippen molar-refractivity contribution in [1.82, 2.24) is 19.5 Å². The minimum atomic E-state index is -2.03. The quantitative estimate of drug-likeness (QED) is 0.227. The molecular formula is C31H38N6O4Si. The molecule has 220 valence electrons. The van der Waals surface area contributed by atoms with Crippen LogP contribution >= 0.6 is 0 Å². The molecule has 0 radical (unpaired) electrons. The molecule has 0 aliphatic heterocycles. The molecule has 0 unspecified atom stereocenters. The Hall–Kier alpha value is -4.09. The molecule has 0 bridgehead atoms. The summed E-state index contributed by atoms with van der Waals surface area (Å²) < 4.78 is 14.8. The van der Waals surface area contributed by atoms with E-state index in [4.69, 9.17) is 9.16 Å². The number of hydrogen-bond donors (Lipinski definition) is 1. The van der Waals surface area contributed by atoms with Gasteiger partial charge in [-0.15, -0.1) is 0 Å². The highest BCUT2D eigenvalue weighted by molar-refractivity contribution is 6.74. The van der Waals surface area contributed by atoms with Gasteiger partial charge in [-0.1, -0.05) is 57.2 Å². The molecule has 2 aromatic heterocycles. The van der Waals surface area contributed by atoms with Gasteiger partial charge >= 0.3 is 6.09 Å². The number of imidazole rings is 1. The average molecular weight is 587 g/mol. The molecule has 1 aliphatic rings. The van der Waals surface area contributed by atoms with Crippen LogP contribution in [0.25, 0.3) is 11.2 Å². The Morgan fingerprint density at radius 3 is 2.17 bits per heavy atom. The molecular weight excluding hydrogens is 548 g/mol. The van der Waals surface area contributed by atoms with E-state index in [2.05, 4.69) is 54.1 Å². The number of carbonyl (C=O) groups is 2. The number of rotatable bonds is 7. The molecule has 1 saturated carbocycles. The van der Waals surface area contributed by atoms with E-state index in [1.165, 1.54) is 11.8 Å². The lowest BCUT2D eigenvalue weighted by molar-refractivity contribution is -0.114. The number of nitrogens with zero attached hydrogens (tertiary/aromatic N) is 5. The van der Waals surface area contributed by atoms with E-state index < -0.39 is 14.4 Å². The molecule has 0 spiro atoms. The monoisotopic (exact) mass is 586 g/mol. The minimum Gasteiger partial charge on any atom is -0.412 e. The van der Waals surface area contributed by atoms with E-state index in [0.29, 0.717) is 22.5 Å². The first-order valence-corrected chi connectivity index (χ1v) is 17.2. The van der Waals surface area contributed by atoms with E-state index >= 15 is 0 Å². The molecule has 1 aliphatic carbocycles.